The van der Waals surface area contributed by atoms with Crippen LogP contribution in [0.1, 0.15) is 54.0 Å². The zero-order chi connectivity index (χ0) is 29.1. The van der Waals surface area contributed by atoms with Crippen LogP contribution in [-0.2, 0) is 11.2 Å². The van der Waals surface area contributed by atoms with Crippen molar-refractivity contribution in [3.63, 3.8) is 0 Å². The lowest BCUT2D eigenvalue weighted by Crippen LogP contribution is -2.39. The molecule has 0 bridgehead atoms. The Kier molecular flexibility index (Phi) is 3.99. The quantitative estimate of drug-likeness (QED) is 0.623. The van der Waals surface area contributed by atoms with E-state index in [1.165, 1.54) is 12.0 Å². The van der Waals surface area contributed by atoms with Crippen LogP contribution in [0.3, 0.4) is 0 Å². The lowest BCUT2D eigenvalue weighted by Gasteiger charge is -2.29. The van der Waals surface area contributed by atoms with Gasteiger partial charge in [-0.15, -0.1) is 0 Å². The Labute approximate surface area is 205 Å². The molecule has 5 rings (SSSR count). The first-order chi connectivity index (χ1) is 18.9. The number of hydrogen-bond donors (Lipinski definition) is 1. The van der Waals surface area contributed by atoms with Gasteiger partial charge in [0.2, 0.25) is 5.91 Å². The van der Waals surface area contributed by atoms with Gasteiger partial charge in [-0.2, -0.15) is 5.10 Å². The SMILES string of the molecule is [2H]c1c([2H])c(N2C(=O)c3c(c(C(N)=O)nn3-c3ccc(OC)cc3)CC2([2H])[2H])c([2H])c([2H])c1N1CCCCC1=O. The van der Waals surface area contributed by atoms with E-state index in [1.807, 2.05) is 0 Å². The van der Waals surface area contributed by atoms with Crippen LogP contribution in [0, 0.1) is 0 Å². The molecule has 0 atom stereocenters. The number of aromatic nitrogens is 2. The van der Waals surface area contributed by atoms with Crippen molar-refractivity contribution >= 4 is 29.1 Å². The summed E-state index contributed by atoms with van der Waals surface area (Å²) in [5.74, 6) is -1.83. The highest BCUT2D eigenvalue weighted by atomic mass is 16.5. The summed E-state index contributed by atoms with van der Waals surface area (Å²) in [6.07, 6.45) is 0.916. The molecule has 34 heavy (non-hydrogen) atoms. The summed E-state index contributed by atoms with van der Waals surface area (Å²) >= 11 is 0. The molecule has 9 heteroatoms. The third-order valence-corrected chi connectivity index (χ3v) is 5.77. The molecule has 3 amide bonds. The minimum absolute atomic E-state index is 0.0413. The second kappa shape index (κ2) is 8.66. The summed E-state index contributed by atoms with van der Waals surface area (Å²) in [5, 5.41) is 4.20. The fourth-order valence-electron chi connectivity index (χ4n) is 4.05. The van der Waals surface area contributed by atoms with Gasteiger partial charge >= 0.3 is 0 Å². The monoisotopic (exact) mass is 465 g/mol. The highest BCUT2D eigenvalue weighted by molar-refractivity contribution is 6.09. The summed E-state index contributed by atoms with van der Waals surface area (Å²) < 4.78 is 58.3. The lowest BCUT2D eigenvalue weighted by molar-refractivity contribution is -0.119. The topological polar surface area (TPSA) is 111 Å². The van der Waals surface area contributed by atoms with Crippen LogP contribution in [0.5, 0.6) is 5.75 Å². The van der Waals surface area contributed by atoms with Crippen molar-refractivity contribution in [2.24, 2.45) is 5.73 Å². The molecule has 0 unspecified atom stereocenters. The first-order valence-electron chi connectivity index (χ1n) is 13.7. The largest absolute Gasteiger partial charge is 0.497 e. The summed E-state index contributed by atoms with van der Waals surface area (Å²) in [6.45, 7) is -2.37. The lowest BCUT2D eigenvalue weighted by atomic mass is 10.0. The van der Waals surface area contributed by atoms with Gasteiger partial charge in [-0.3, -0.25) is 14.4 Å². The van der Waals surface area contributed by atoms with E-state index in [0.29, 0.717) is 29.2 Å². The Balaban J connectivity index is 1.71. The first kappa shape index (κ1) is 15.7. The maximum atomic E-state index is 14.0. The molecule has 3 aromatic rings. The van der Waals surface area contributed by atoms with Crippen LogP contribution < -0.4 is 20.3 Å². The number of nitrogens with zero attached hydrogens (tertiary/aromatic N) is 4. The Morgan fingerprint density at radius 1 is 1.03 bits per heavy atom. The molecular weight excluding hydrogens is 434 g/mol. The van der Waals surface area contributed by atoms with E-state index >= 15 is 0 Å². The number of carbonyl (C=O) groups excluding carboxylic acids is 3. The molecule has 0 radical (unpaired) electrons. The normalized spacial score (nSPS) is 19.9. The van der Waals surface area contributed by atoms with E-state index in [0.717, 1.165) is 4.68 Å². The predicted molar refractivity (Wildman–Crippen MR) is 127 cm³/mol. The van der Waals surface area contributed by atoms with Gasteiger partial charge in [-0.05, 0) is 67.7 Å². The molecule has 174 valence electrons. The molecule has 9 nitrogen and oxygen atoms in total. The average Bonchev–Trinajstić information content (AvgIpc) is 3.29. The minimum atomic E-state index is -2.59. The smallest absolute Gasteiger partial charge is 0.277 e. The van der Waals surface area contributed by atoms with Crippen molar-refractivity contribution in [1.82, 2.24) is 9.78 Å². The van der Waals surface area contributed by atoms with Gasteiger partial charge in [0.1, 0.15) is 11.4 Å². The van der Waals surface area contributed by atoms with Crippen LogP contribution >= 0.6 is 0 Å². The number of methoxy groups -OCH3 is 1. The maximum absolute atomic E-state index is 14.0. The number of hydrogen-bond acceptors (Lipinski definition) is 5. The number of rotatable bonds is 5. The molecule has 2 aliphatic rings. The van der Waals surface area contributed by atoms with Gasteiger partial charge < -0.3 is 20.3 Å². The highest BCUT2D eigenvalue weighted by Crippen LogP contribution is 2.31. The molecule has 2 N–H and O–H groups in total. The van der Waals surface area contributed by atoms with Crippen molar-refractivity contribution in [1.29, 1.82) is 0 Å². The Bertz CT molecular complexity index is 1540. The van der Waals surface area contributed by atoms with E-state index in [2.05, 4.69) is 5.10 Å². The van der Waals surface area contributed by atoms with E-state index in [4.69, 9.17) is 18.7 Å². The first-order valence-corrected chi connectivity index (χ1v) is 10.7. The van der Waals surface area contributed by atoms with E-state index in [-0.39, 0.29) is 41.5 Å². The maximum Gasteiger partial charge on any atom is 0.277 e. The van der Waals surface area contributed by atoms with Crippen LogP contribution in [-0.4, -0.2) is 47.7 Å². The molecule has 0 saturated carbocycles. The molecule has 1 aromatic heterocycles. The fourth-order valence-corrected chi connectivity index (χ4v) is 4.05. The average molecular weight is 466 g/mol. The van der Waals surface area contributed by atoms with Gasteiger partial charge in [0.05, 0.1) is 21.0 Å². The summed E-state index contributed by atoms with van der Waals surface area (Å²) in [6, 6.07) is 3.84. The van der Waals surface area contributed by atoms with E-state index in [1.54, 1.807) is 24.3 Å². The third kappa shape index (κ3) is 3.68. The van der Waals surface area contributed by atoms with Gasteiger partial charge in [0.25, 0.3) is 11.8 Å². The summed E-state index contributed by atoms with van der Waals surface area (Å²) in [4.78, 5) is 40.6. The molecule has 1 saturated heterocycles. The van der Waals surface area contributed by atoms with Gasteiger partial charge in [-0.1, -0.05) is 0 Å². The number of amides is 3. The Morgan fingerprint density at radius 2 is 1.71 bits per heavy atom. The second-order valence-corrected chi connectivity index (χ2v) is 7.82. The molecule has 2 aliphatic heterocycles. The van der Waals surface area contributed by atoms with Crippen molar-refractivity contribution in [2.45, 2.75) is 25.7 Å². The third-order valence-electron chi connectivity index (χ3n) is 5.77. The van der Waals surface area contributed by atoms with Crippen LogP contribution in [0.2, 0.25) is 0 Å². The molecule has 2 aromatic carbocycles. The van der Waals surface area contributed by atoms with Crippen LogP contribution in [0.15, 0.2) is 48.4 Å². The predicted octanol–water partition coefficient (Wildman–Crippen LogP) is 2.70. The standard InChI is InChI=1S/C25H25N5O4/c1-34-19-11-9-18(10-12-19)30-23-20(22(27-30)24(26)32)13-15-29(25(23)33)17-7-5-16(6-8-17)28-14-3-2-4-21(28)31/h5-12H,2-4,13-15H2,1H3,(H2,26,32)/i5D,6D,7D,8D,15D2. The summed E-state index contributed by atoms with van der Waals surface area (Å²) in [7, 11) is 1.48. The van der Waals surface area contributed by atoms with Crippen LogP contribution in [0.4, 0.5) is 11.4 Å². The van der Waals surface area contributed by atoms with Crippen molar-refractivity contribution < 1.29 is 27.3 Å². The van der Waals surface area contributed by atoms with Crippen molar-refractivity contribution in [3.8, 4) is 11.4 Å². The number of ether oxygens (including phenoxy) is 1. The van der Waals surface area contributed by atoms with E-state index in [9.17, 15) is 14.4 Å². The van der Waals surface area contributed by atoms with Gasteiger partial charge in [-0.25, -0.2) is 4.68 Å². The van der Waals surface area contributed by atoms with Crippen molar-refractivity contribution in [3.05, 3.63) is 65.4 Å². The van der Waals surface area contributed by atoms with Gasteiger partial charge in [0.15, 0.2) is 5.69 Å². The highest BCUT2D eigenvalue weighted by Gasteiger charge is 2.34. The van der Waals surface area contributed by atoms with Crippen LogP contribution in [0.25, 0.3) is 5.69 Å². The Hall–Kier alpha value is -4.14. The van der Waals surface area contributed by atoms with E-state index < -0.39 is 54.6 Å². The van der Waals surface area contributed by atoms with Crippen molar-refractivity contribution in [2.75, 3.05) is 30.0 Å². The number of fused-ring (bicyclic) bond motifs is 1. The molecular formula is C25H25N5O4. The number of piperidine rings is 1. The number of anilines is 2. The molecule has 0 aliphatic carbocycles. The number of carbonyl (C=O) groups is 3. The van der Waals surface area contributed by atoms with Gasteiger partial charge in [0, 0.05) is 36.4 Å². The molecule has 3 heterocycles. The Morgan fingerprint density at radius 3 is 2.32 bits per heavy atom. The number of benzene rings is 2. The number of primary amides is 1. The zero-order valence-corrected chi connectivity index (χ0v) is 18.3. The second-order valence-electron chi connectivity index (χ2n) is 7.82. The molecule has 1 fully saturated rings. The summed E-state index contributed by atoms with van der Waals surface area (Å²) in [5.41, 5.74) is 4.49. The zero-order valence-electron chi connectivity index (χ0n) is 24.3. The number of nitrogens with two attached hydrogens (primary N) is 1. The molecule has 0 spiro atoms. The minimum Gasteiger partial charge on any atom is -0.497 e. The fraction of sp³-hybridized carbons (Fsp3) is 0.280.